The Kier molecular flexibility index (Phi) is 2.66. The molecule has 1 fully saturated rings. The molecule has 2 rings (SSSR count). The van der Waals surface area contributed by atoms with Crippen LogP contribution in [0.25, 0.3) is 0 Å². The van der Waals surface area contributed by atoms with Crippen LogP contribution in [0.5, 0.6) is 0 Å². The predicted molar refractivity (Wildman–Crippen MR) is 51.3 cm³/mol. The molecular weight excluding hydrogens is 164 g/mol. The molecule has 2 heterocycles. The molecule has 0 saturated carbocycles. The molecule has 1 aliphatic heterocycles. The van der Waals surface area contributed by atoms with E-state index in [1.165, 1.54) is 18.5 Å². The van der Waals surface area contributed by atoms with Crippen molar-refractivity contribution in [3.8, 4) is 0 Å². The van der Waals surface area contributed by atoms with Crippen molar-refractivity contribution in [2.75, 3.05) is 6.61 Å². The number of rotatable bonds is 3. The molecule has 1 aromatic heterocycles. The Hall–Kier alpha value is -0.800. The maximum Gasteiger partial charge on any atom is 0.0754 e. The summed E-state index contributed by atoms with van der Waals surface area (Å²) in [5, 5.41) is 0. The molecule has 1 atom stereocenters. The summed E-state index contributed by atoms with van der Waals surface area (Å²) in [6.07, 6.45) is 4.85. The topological polar surface area (TPSA) is 40.2 Å². The van der Waals surface area contributed by atoms with E-state index in [-0.39, 0.29) is 0 Å². The summed E-state index contributed by atoms with van der Waals surface area (Å²) in [5.74, 6) is 0. The summed E-state index contributed by atoms with van der Waals surface area (Å²) in [5.41, 5.74) is 6.80. The van der Waals surface area contributed by atoms with Crippen molar-refractivity contribution in [2.24, 2.45) is 5.73 Å². The van der Waals surface area contributed by atoms with E-state index in [9.17, 15) is 0 Å². The smallest absolute Gasteiger partial charge is 0.0754 e. The lowest BCUT2D eigenvalue weighted by molar-refractivity contribution is 0.0965. The normalized spacial score (nSPS) is 22.4. The van der Waals surface area contributed by atoms with Crippen molar-refractivity contribution in [2.45, 2.75) is 32.0 Å². The van der Waals surface area contributed by atoms with E-state index < -0.39 is 0 Å². The highest BCUT2D eigenvalue weighted by atomic mass is 16.5. The van der Waals surface area contributed by atoms with Gasteiger partial charge >= 0.3 is 0 Å². The fourth-order valence-electron chi connectivity index (χ4n) is 1.82. The van der Waals surface area contributed by atoms with Crippen molar-refractivity contribution < 1.29 is 4.74 Å². The number of hydrogen-bond donors (Lipinski definition) is 1. The van der Waals surface area contributed by atoms with E-state index in [0.717, 1.165) is 13.2 Å². The van der Waals surface area contributed by atoms with Crippen molar-refractivity contribution in [1.82, 2.24) is 4.57 Å². The van der Waals surface area contributed by atoms with Crippen LogP contribution in [-0.2, 0) is 17.8 Å². The maximum absolute atomic E-state index is 5.61. The number of nitrogens with two attached hydrogens (primary N) is 1. The van der Waals surface area contributed by atoms with Gasteiger partial charge in [-0.15, -0.1) is 0 Å². The number of nitrogens with zero attached hydrogens (tertiary/aromatic N) is 1. The van der Waals surface area contributed by atoms with Gasteiger partial charge in [0.15, 0.2) is 0 Å². The summed E-state index contributed by atoms with van der Waals surface area (Å²) in [6, 6.07) is 4.10. The van der Waals surface area contributed by atoms with Crippen molar-refractivity contribution in [3.63, 3.8) is 0 Å². The Morgan fingerprint density at radius 1 is 1.62 bits per heavy atom. The minimum Gasteiger partial charge on any atom is -0.376 e. The lowest BCUT2D eigenvalue weighted by Gasteiger charge is -2.12. The molecule has 1 saturated heterocycles. The van der Waals surface area contributed by atoms with Gasteiger partial charge < -0.3 is 15.0 Å². The van der Waals surface area contributed by atoms with Crippen molar-refractivity contribution in [1.29, 1.82) is 0 Å². The second-order valence-electron chi connectivity index (χ2n) is 3.49. The van der Waals surface area contributed by atoms with Gasteiger partial charge in [0, 0.05) is 31.6 Å². The Morgan fingerprint density at radius 2 is 2.54 bits per heavy atom. The molecule has 0 aliphatic carbocycles. The molecule has 0 radical (unpaired) electrons. The largest absolute Gasteiger partial charge is 0.376 e. The van der Waals surface area contributed by atoms with Gasteiger partial charge in [0.1, 0.15) is 0 Å². The molecule has 1 unspecified atom stereocenters. The zero-order chi connectivity index (χ0) is 9.10. The van der Waals surface area contributed by atoms with Crippen LogP contribution < -0.4 is 5.73 Å². The molecule has 0 spiro atoms. The Morgan fingerprint density at radius 3 is 3.23 bits per heavy atom. The molecular formula is C10H16N2O. The van der Waals surface area contributed by atoms with Crippen molar-refractivity contribution in [3.05, 3.63) is 24.0 Å². The van der Waals surface area contributed by atoms with Gasteiger partial charge in [-0.2, -0.15) is 0 Å². The molecule has 1 aromatic rings. The van der Waals surface area contributed by atoms with Crippen LogP contribution in [0.3, 0.4) is 0 Å². The molecule has 0 amide bonds. The predicted octanol–water partition coefficient (Wildman–Crippen LogP) is 1.13. The Labute approximate surface area is 78.5 Å². The maximum atomic E-state index is 5.61. The molecule has 72 valence electrons. The summed E-state index contributed by atoms with van der Waals surface area (Å²) >= 11 is 0. The molecule has 1 aliphatic rings. The zero-order valence-corrected chi connectivity index (χ0v) is 7.78. The second-order valence-corrected chi connectivity index (χ2v) is 3.49. The molecule has 2 N–H and O–H groups in total. The van der Waals surface area contributed by atoms with Gasteiger partial charge in [0.2, 0.25) is 0 Å². The Bertz CT molecular complexity index is 264. The SMILES string of the molecule is NCc1cccn1CC1CCCO1. The Balaban J connectivity index is 1.99. The molecule has 0 aromatic carbocycles. The first-order chi connectivity index (χ1) is 6.40. The van der Waals surface area contributed by atoms with Crippen LogP contribution in [0.15, 0.2) is 18.3 Å². The highest BCUT2D eigenvalue weighted by Gasteiger charge is 2.16. The lowest BCUT2D eigenvalue weighted by atomic mass is 10.2. The average molecular weight is 180 g/mol. The molecule has 0 bridgehead atoms. The van der Waals surface area contributed by atoms with Crippen LogP contribution in [0.2, 0.25) is 0 Å². The molecule has 13 heavy (non-hydrogen) atoms. The van der Waals surface area contributed by atoms with Gasteiger partial charge in [0.05, 0.1) is 6.10 Å². The highest BCUT2D eigenvalue weighted by molar-refractivity contribution is 5.06. The quantitative estimate of drug-likeness (QED) is 0.757. The molecule has 3 nitrogen and oxygen atoms in total. The number of aromatic nitrogens is 1. The fourth-order valence-corrected chi connectivity index (χ4v) is 1.82. The molecule has 3 heteroatoms. The van der Waals surface area contributed by atoms with E-state index in [1.54, 1.807) is 0 Å². The van der Waals surface area contributed by atoms with Gasteiger partial charge in [0.25, 0.3) is 0 Å². The van der Waals surface area contributed by atoms with Gasteiger partial charge in [-0.1, -0.05) is 0 Å². The van der Waals surface area contributed by atoms with Gasteiger partial charge in [-0.05, 0) is 25.0 Å². The first-order valence-corrected chi connectivity index (χ1v) is 4.86. The van der Waals surface area contributed by atoms with Crippen LogP contribution in [0.4, 0.5) is 0 Å². The first kappa shape index (κ1) is 8.78. The van der Waals surface area contributed by atoms with Gasteiger partial charge in [-0.3, -0.25) is 0 Å². The minimum absolute atomic E-state index is 0.401. The van der Waals surface area contributed by atoms with Crippen LogP contribution in [0, 0.1) is 0 Å². The fraction of sp³-hybridized carbons (Fsp3) is 0.600. The third-order valence-electron chi connectivity index (χ3n) is 2.56. The summed E-state index contributed by atoms with van der Waals surface area (Å²) < 4.78 is 7.75. The highest BCUT2D eigenvalue weighted by Crippen LogP contribution is 2.15. The van der Waals surface area contributed by atoms with E-state index >= 15 is 0 Å². The minimum atomic E-state index is 0.401. The number of ether oxygens (including phenoxy) is 1. The van der Waals surface area contributed by atoms with Crippen LogP contribution in [0.1, 0.15) is 18.5 Å². The van der Waals surface area contributed by atoms with E-state index in [2.05, 4.69) is 16.8 Å². The average Bonchev–Trinajstić information content (AvgIpc) is 2.76. The first-order valence-electron chi connectivity index (χ1n) is 4.86. The number of hydrogen-bond acceptors (Lipinski definition) is 2. The summed E-state index contributed by atoms with van der Waals surface area (Å²) in [4.78, 5) is 0. The third kappa shape index (κ3) is 1.92. The standard InChI is InChI=1S/C10H16N2O/c11-7-9-3-1-5-12(9)8-10-4-2-6-13-10/h1,3,5,10H,2,4,6-8,11H2. The van der Waals surface area contributed by atoms with Crippen LogP contribution >= 0.6 is 0 Å². The van der Waals surface area contributed by atoms with Crippen LogP contribution in [-0.4, -0.2) is 17.3 Å². The monoisotopic (exact) mass is 180 g/mol. The zero-order valence-electron chi connectivity index (χ0n) is 7.78. The van der Waals surface area contributed by atoms with E-state index in [1.807, 2.05) is 6.07 Å². The summed E-state index contributed by atoms with van der Waals surface area (Å²) in [7, 11) is 0. The van der Waals surface area contributed by atoms with Gasteiger partial charge in [-0.25, -0.2) is 0 Å². The lowest BCUT2D eigenvalue weighted by Crippen LogP contribution is -2.17. The van der Waals surface area contributed by atoms with E-state index in [0.29, 0.717) is 12.6 Å². The van der Waals surface area contributed by atoms with Crippen molar-refractivity contribution >= 4 is 0 Å². The van der Waals surface area contributed by atoms with E-state index in [4.69, 9.17) is 10.5 Å². The third-order valence-corrected chi connectivity index (χ3v) is 2.56. The second kappa shape index (κ2) is 3.94. The summed E-state index contributed by atoms with van der Waals surface area (Å²) in [6.45, 7) is 2.49.